The minimum atomic E-state index is -1.05. The Balaban J connectivity index is 1.92. The quantitative estimate of drug-likeness (QED) is 0.773. The second-order valence-corrected chi connectivity index (χ2v) is 5.82. The third-order valence-corrected chi connectivity index (χ3v) is 4.19. The minimum Gasteiger partial charge on any atom is -0.477 e. The molecule has 0 saturated carbocycles. The van der Waals surface area contributed by atoms with Gasteiger partial charge in [0.1, 0.15) is 22.7 Å². The lowest BCUT2D eigenvalue weighted by atomic mass is 10.1. The average Bonchev–Trinajstić information content (AvgIpc) is 3.23. The number of aromatic carboxylic acids is 1. The Hall–Kier alpha value is -2.96. The van der Waals surface area contributed by atoms with Gasteiger partial charge in [-0.3, -0.25) is 0 Å². The predicted octanol–water partition coefficient (Wildman–Crippen LogP) is 3.06. The number of carbonyl (C=O) groups is 1. The molecule has 0 amide bonds. The summed E-state index contributed by atoms with van der Waals surface area (Å²) < 4.78 is 13.2. The van der Waals surface area contributed by atoms with Crippen LogP contribution in [-0.4, -0.2) is 39.1 Å². The molecule has 0 aliphatic carbocycles. The molecule has 1 fully saturated rings. The van der Waals surface area contributed by atoms with Gasteiger partial charge in [-0.05, 0) is 43.2 Å². The molecule has 4 rings (SSSR count). The fraction of sp³-hybridized carbons (Fsp3) is 0.235. The van der Waals surface area contributed by atoms with Crippen molar-refractivity contribution in [2.24, 2.45) is 0 Å². The number of anilines is 1. The molecule has 24 heavy (non-hydrogen) atoms. The maximum absolute atomic E-state index is 13.2. The number of carboxylic acids is 1. The Labute approximate surface area is 137 Å². The normalized spacial score (nSPS) is 14.5. The molecule has 3 aromatic rings. The van der Waals surface area contributed by atoms with Crippen LogP contribution in [0.1, 0.15) is 23.3 Å². The Kier molecular flexibility index (Phi) is 3.41. The molecule has 0 unspecified atom stereocenters. The van der Waals surface area contributed by atoms with Gasteiger partial charge in [0.15, 0.2) is 11.5 Å². The van der Waals surface area contributed by atoms with Crippen molar-refractivity contribution in [2.45, 2.75) is 12.8 Å². The predicted molar refractivity (Wildman–Crippen MR) is 87.7 cm³/mol. The van der Waals surface area contributed by atoms with Crippen LogP contribution in [0.15, 0.2) is 30.3 Å². The lowest BCUT2D eigenvalue weighted by Crippen LogP contribution is -2.20. The summed E-state index contributed by atoms with van der Waals surface area (Å²) in [5, 5.41) is 9.14. The average molecular weight is 326 g/mol. The molecule has 1 aliphatic rings. The van der Waals surface area contributed by atoms with Crippen molar-refractivity contribution in [2.75, 3.05) is 18.0 Å². The third-order valence-electron chi connectivity index (χ3n) is 4.19. The van der Waals surface area contributed by atoms with Gasteiger partial charge in [0.2, 0.25) is 0 Å². The highest BCUT2D eigenvalue weighted by Gasteiger charge is 2.21. The zero-order valence-corrected chi connectivity index (χ0v) is 12.8. The molecular weight excluding hydrogens is 311 g/mol. The summed E-state index contributed by atoms with van der Waals surface area (Å²) >= 11 is 0. The number of rotatable bonds is 3. The van der Waals surface area contributed by atoms with Crippen molar-refractivity contribution in [3.8, 4) is 11.3 Å². The monoisotopic (exact) mass is 326 g/mol. The lowest BCUT2D eigenvalue weighted by molar-refractivity contribution is 0.0691. The molecule has 0 atom stereocenters. The molecule has 0 bridgehead atoms. The molecule has 6 nitrogen and oxygen atoms in total. The highest BCUT2D eigenvalue weighted by atomic mass is 19.1. The van der Waals surface area contributed by atoms with Crippen LogP contribution >= 0.6 is 0 Å². The molecular formula is C17H15FN4O2. The van der Waals surface area contributed by atoms with Gasteiger partial charge in [0.25, 0.3) is 0 Å². The third kappa shape index (κ3) is 2.47. The smallest absolute Gasteiger partial charge is 0.352 e. The largest absolute Gasteiger partial charge is 0.477 e. The molecule has 1 aromatic carbocycles. The van der Waals surface area contributed by atoms with Crippen LogP contribution in [0, 0.1) is 5.82 Å². The van der Waals surface area contributed by atoms with E-state index in [1.165, 1.54) is 18.2 Å². The fourth-order valence-electron chi connectivity index (χ4n) is 3.00. The summed E-state index contributed by atoms with van der Waals surface area (Å²) in [5.74, 6) is -0.670. The van der Waals surface area contributed by atoms with E-state index in [2.05, 4.69) is 19.9 Å². The molecule has 0 spiro atoms. The van der Waals surface area contributed by atoms with Gasteiger partial charge in [0, 0.05) is 18.7 Å². The molecule has 7 heteroatoms. The van der Waals surface area contributed by atoms with Crippen LogP contribution in [0.25, 0.3) is 22.4 Å². The lowest BCUT2D eigenvalue weighted by Gasteiger charge is -2.19. The van der Waals surface area contributed by atoms with E-state index in [0.717, 1.165) is 31.5 Å². The van der Waals surface area contributed by atoms with Crippen LogP contribution in [0.4, 0.5) is 10.2 Å². The first kappa shape index (κ1) is 14.6. The second-order valence-electron chi connectivity index (χ2n) is 5.82. The van der Waals surface area contributed by atoms with Crippen LogP contribution in [0.2, 0.25) is 0 Å². The zero-order chi connectivity index (χ0) is 16.7. The Morgan fingerprint density at radius 3 is 2.54 bits per heavy atom. The highest BCUT2D eigenvalue weighted by Crippen LogP contribution is 2.31. The maximum Gasteiger partial charge on any atom is 0.352 e. The van der Waals surface area contributed by atoms with Crippen molar-refractivity contribution in [3.05, 3.63) is 41.8 Å². The van der Waals surface area contributed by atoms with Gasteiger partial charge in [-0.25, -0.2) is 19.2 Å². The van der Waals surface area contributed by atoms with Crippen molar-refractivity contribution < 1.29 is 14.3 Å². The molecule has 1 aliphatic heterocycles. The van der Waals surface area contributed by atoms with E-state index < -0.39 is 5.97 Å². The standard InChI is InChI=1S/C17H15FN4O2/c18-11-5-3-10(4-6-11)14-16(22-7-1-2-8-22)21-15-12(19-14)9-13(20-15)17(23)24/h3-6,9H,1-2,7-8H2,(H,20,21)(H,23,24). The highest BCUT2D eigenvalue weighted by molar-refractivity contribution is 5.92. The van der Waals surface area contributed by atoms with E-state index in [0.29, 0.717) is 22.7 Å². The van der Waals surface area contributed by atoms with Crippen LogP contribution in [0.3, 0.4) is 0 Å². The Morgan fingerprint density at radius 1 is 1.17 bits per heavy atom. The van der Waals surface area contributed by atoms with Gasteiger partial charge in [-0.15, -0.1) is 0 Å². The van der Waals surface area contributed by atoms with E-state index in [-0.39, 0.29) is 11.5 Å². The Bertz CT molecular complexity index is 914. The van der Waals surface area contributed by atoms with E-state index in [9.17, 15) is 9.18 Å². The summed E-state index contributed by atoms with van der Waals surface area (Å²) in [4.78, 5) is 25.3. The van der Waals surface area contributed by atoms with Crippen molar-refractivity contribution >= 4 is 23.0 Å². The molecule has 2 N–H and O–H groups in total. The number of halogens is 1. The Morgan fingerprint density at radius 2 is 1.88 bits per heavy atom. The number of nitrogens with one attached hydrogen (secondary N) is 1. The molecule has 122 valence electrons. The van der Waals surface area contributed by atoms with Gasteiger partial charge in [0.05, 0.1) is 0 Å². The van der Waals surface area contributed by atoms with E-state index in [1.54, 1.807) is 12.1 Å². The number of aromatic amines is 1. The van der Waals surface area contributed by atoms with E-state index >= 15 is 0 Å². The number of benzene rings is 1. The van der Waals surface area contributed by atoms with Crippen molar-refractivity contribution in [1.82, 2.24) is 15.0 Å². The van der Waals surface area contributed by atoms with E-state index in [1.807, 2.05) is 0 Å². The summed E-state index contributed by atoms with van der Waals surface area (Å²) in [5.41, 5.74) is 2.37. The first-order chi connectivity index (χ1) is 11.6. The topological polar surface area (TPSA) is 82.1 Å². The molecule has 0 radical (unpaired) electrons. The molecule has 1 saturated heterocycles. The van der Waals surface area contributed by atoms with Crippen LogP contribution < -0.4 is 4.90 Å². The van der Waals surface area contributed by atoms with Gasteiger partial charge in [-0.2, -0.15) is 0 Å². The summed E-state index contributed by atoms with van der Waals surface area (Å²) in [6.45, 7) is 1.75. The molecule has 3 heterocycles. The molecule has 2 aromatic heterocycles. The second kappa shape index (κ2) is 5.59. The van der Waals surface area contributed by atoms with Crippen LogP contribution in [0.5, 0.6) is 0 Å². The minimum absolute atomic E-state index is 0.0497. The van der Waals surface area contributed by atoms with E-state index in [4.69, 9.17) is 5.11 Å². The number of fused-ring (bicyclic) bond motifs is 1. The first-order valence-corrected chi connectivity index (χ1v) is 7.77. The number of H-pyrrole nitrogens is 1. The fourth-order valence-corrected chi connectivity index (χ4v) is 3.00. The van der Waals surface area contributed by atoms with Gasteiger partial charge in [-0.1, -0.05) is 0 Å². The zero-order valence-electron chi connectivity index (χ0n) is 12.8. The number of hydrogen-bond acceptors (Lipinski definition) is 4. The SMILES string of the molecule is O=C(O)c1cc2nc(-c3ccc(F)cc3)c(N3CCCC3)nc2[nH]1. The first-order valence-electron chi connectivity index (χ1n) is 7.77. The number of aromatic nitrogens is 3. The summed E-state index contributed by atoms with van der Waals surface area (Å²) in [7, 11) is 0. The van der Waals surface area contributed by atoms with Gasteiger partial charge < -0.3 is 15.0 Å². The van der Waals surface area contributed by atoms with Crippen molar-refractivity contribution in [1.29, 1.82) is 0 Å². The number of nitrogens with zero attached hydrogens (tertiary/aromatic N) is 3. The van der Waals surface area contributed by atoms with Crippen LogP contribution in [-0.2, 0) is 0 Å². The summed E-state index contributed by atoms with van der Waals surface area (Å²) in [6.07, 6.45) is 2.15. The van der Waals surface area contributed by atoms with Crippen molar-refractivity contribution in [3.63, 3.8) is 0 Å². The number of hydrogen-bond donors (Lipinski definition) is 2. The number of carboxylic acid groups (broad SMARTS) is 1. The van der Waals surface area contributed by atoms with Gasteiger partial charge >= 0.3 is 5.97 Å². The summed E-state index contributed by atoms with van der Waals surface area (Å²) in [6, 6.07) is 7.56. The maximum atomic E-state index is 13.2.